The number of hydrogen-bond acceptors (Lipinski definition) is 3. The summed E-state index contributed by atoms with van der Waals surface area (Å²) in [7, 11) is 1.77. The Morgan fingerprint density at radius 1 is 1.12 bits per heavy atom. The number of likely N-dealkylation sites (tertiary alicyclic amines) is 1. The minimum Gasteiger partial charge on any atom is -0.383 e. The van der Waals surface area contributed by atoms with E-state index >= 15 is 0 Å². The van der Waals surface area contributed by atoms with Crippen LogP contribution in [0.3, 0.4) is 0 Å². The molecule has 0 bridgehead atoms. The molecule has 1 unspecified atom stereocenters. The normalized spacial score (nSPS) is 27.2. The fourth-order valence-electron chi connectivity index (χ4n) is 3.68. The van der Waals surface area contributed by atoms with E-state index in [1.54, 1.807) is 7.11 Å². The second-order valence-electron chi connectivity index (χ2n) is 5.94. The lowest BCUT2D eigenvalue weighted by Gasteiger charge is -2.46. The summed E-state index contributed by atoms with van der Waals surface area (Å²) >= 11 is 0. The van der Waals surface area contributed by atoms with Crippen molar-refractivity contribution in [2.24, 2.45) is 11.1 Å². The maximum Gasteiger partial charge on any atom is 0.0630 e. The highest BCUT2D eigenvalue weighted by atomic mass is 16.5. The van der Waals surface area contributed by atoms with Crippen LogP contribution >= 0.6 is 0 Å². The van der Waals surface area contributed by atoms with Gasteiger partial charge in [0.15, 0.2) is 0 Å². The van der Waals surface area contributed by atoms with Crippen LogP contribution in [0.15, 0.2) is 0 Å². The van der Waals surface area contributed by atoms with Crippen molar-refractivity contribution in [3.05, 3.63) is 0 Å². The molecule has 1 atom stereocenters. The maximum absolute atomic E-state index is 5.84. The van der Waals surface area contributed by atoms with Gasteiger partial charge in [0.1, 0.15) is 0 Å². The van der Waals surface area contributed by atoms with Gasteiger partial charge in [-0.2, -0.15) is 0 Å². The van der Waals surface area contributed by atoms with E-state index in [4.69, 9.17) is 10.5 Å². The van der Waals surface area contributed by atoms with Crippen molar-refractivity contribution in [2.75, 3.05) is 33.4 Å². The molecule has 2 rings (SSSR count). The third kappa shape index (κ3) is 3.21. The standard InChI is InChI=1S/C14H28N2O/c1-17-12-13(11-15)16-9-7-14(8-10-16)5-3-2-4-6-14/h13H,2-12,15H2,1H3. The minimum absolute atomic E-state index is 0.431. The highest BCUT2D eigenvalue weighted by Crippen LogP contribution is 2.44. The van der Waals surface area contributed by atoms with Crippen LogP contribution in [-0.2, 0) is 4.74 Å². The molecule has 1 spiro atoms. The first-order chi connectivity index (χ1) is 8.29. The summed E-state index contributed by atoms with van der Waals surface area (Å²) in [6.45, 7) is 3.96. The van der Waals surface area contributed by atoms with Crippen LogP contribution < -0.4 is 5.73 Å². The lowest BCUT2D eigenvalue weighted by Crippen LogP contribution is -2.50. The number of hydrogen-bond donors (Lipinski definition) is 1. The Morgan fingerprint density at radius 3 is 2.29 bits per heavy atom. The summed E-state index contributed by atoms with van der Waals surface area (Å²) in [5, 5.41) is 0. The molecule has 100 valence electrons. The lowest BCUT2D eigenvalue weighted by atomic mass is 9.68. The average molecular weight is 240 g/mol. The topological polar surface area (TPSA) is 38.5 Å². The van der Waals surface area contributed by atoms with E-state index in [2.05, 4.69) is 4.90 Å². The summed E-state index contributed by atoms with van der Waals surface area (Å²) in [5.74, 6) is 0. The van der Waals surface area contributed by atoms with E-state index < -0.39 is 0 Å². The molecule has 2 fully saturated rings. The van der Waals surface area contributed by atoms with Gasteiger partial charge >= 0.3 is 0 Å². The molecule has 17 heavy (non-hydrogen) atoms. The predicted octanol–water partition coefficient (Wildman–Crippen LogP) is 2.01. The zero-order chi connectivity index (χ0) is 12.1. The average Bonchev–Trinajstić information content (AvgIpc) is 2.38. The van der Waals surface area contributed by atoms with E-state index in [0.29, 0.717) is 11.5 Å². The van der Waals surface area contributed by atoms with Crippen molar-refractivity contribution in [2.45, 2.75) is 51.0 Å². The molecule has 1 aliphatic heterocycles. The largest absolute Gasteiger partial charge is 0.383 e. The SMILES string of the molecule is COCC(CN)N1CCC2(CCCCC2)CC1. The Hall–Kier alpha value is -0.120. The molecule has 0 aromatic rings. The van der Waals surface area contributed by atoms with Crippen LogP contribution in [0.5, 0.6) is 0 Å². The van der Waals surface area contributed by atoms with Gasteiger partial charge in [0.25, 0.3) is 0 Å². The first-order valence-corrected chi connectivity index (χ1v) is 7.23. The summed E-state index contributed by atoms with van der Waals surface area (Å²) in [6.07, 6.45) is 10.1. The van der Waals surface area contributed by atoms with Gasteiger partial charge in [-0.15, -0.1) is 0 Å². The molecule has 1 heterocycles. The van der Waals surface area contributed by atoms with E-state index in [-0.39, 0.29) is 0 Å². The summed E-state index contributed by atoms with van der Waals surface area (Å²) in [5.41, 5.74) is 6.53. The van der Waals surface area contributed by atoms with Gasteiger partial charge in [-0.05, 0) is 44.2 Å². The van der Waals surface area contributed by atoms with Gasteiger partial charge in [-0.25, -0.2) is 0 Å². The summed E-state index contributed by atoms with van der Waals surface area (Å²) in [6, 6.07) is 0.431. The van der Waals surface area contributed by atoms with Gasteiger partial charge in [-0.1, -0.05) is 19.3 Å². The minimum atomic E-state index is 0.431. The third-order valence-corrected chi connectivity index (χ3v) is 4.92. The predicted molar refractivity (Wildman–Crippen MR) is 71.0 cm³/mol. The Labute approximate surface area is 106 Å². The molecule has 1 saturated carbocycles. The Kier molecular flexibility index (Phi) is 4.83. The van der Waals surface area contributed by atoms with Crippen LogP contribution in [0.25, 0.3) is 0 Å². The van der Waals surface area contributed by atoms with Gasteiger partial charge < -0.3 is 10.5 Å². The van der Waals surface area contributed by atoms with Gasteiger partial charge in [0.2, 0.25) is 0 Å². The highest BCUT2D eigenvalue weighted by molar-refractivity contribution is 4.90. The molecule has 3 nitrogen and oxygen atoms in total. The summed E-state index contributed by atoms with van der Waals surface area (Å²) in [4.78, 5) is 2.54. The van der Waals surface area contributed by atoms with Crippen LogP contribution in [0.1, 0.15) is 44.9 Å². The molecular weight excluding hydrogens is 212 g/mol. The monoisotopic (exact) mass is 240 g/mol. The van der Waals surface area contributed by atoms with Crippen molar-refractivity contribution in [3.8, 4) is 0 Å². The van der Waals surface area contributed by atoms with Crippen molar-refractivity contribution >= 4 is 0 Å². The number of piperidine rings is 1. The highest BCUT2D eigenvalue weighted by Gasteiger charge is 2.36. The Balaban J connectivity index is 1.83. The zero-order valence-electron chi connectivity index (χ0n) is 11.3. The van der Waals surface area contributed by atoms with E-state index in [1.165, 1.54) is 58.0 Å². The van der Waals surface area contributed by atoms with Crippen LogP contribution in [0.4, 0.5) is 0 Å². The third-order valence-electron chi connectivity index (χ3n) is 4.92. The van der Waals surface area contributed by atoms with Crippen LogP contribution in [0.2, 0.25) is 0 Å². The van der Waals surface area contributed by atoms with Crippen molar-refractivity contribution in [3.63, 3.8) is 0 Å². The number of methoxy groups -OCH3 is 1. The van der Waals surface area contributed by atoms with E-state index in [1.807, 2.05) is 0 Å². The maximum atomic E-state index is 5.84. The molecule has 1 aliphatic carbocycles. The van der Waals surface area contributed by atoms with Crippen molar-refractivity contribution in [1.82, 2.24) is 4.90 Å². The molecule has 0 aromatic carbocycles. The molecule has 2 N–H and O–H groups in total. The van der Waals surface area contributed by atoms with Crippen LogP contribution in [0, 0.1) is 5.41 Å². The Morgan fingerprint density at radius 2 is 1.76 bits per heavy atom. The fourth-order valence-corrected chi connectivity index (χ4v) is 3.68. The Bertz CT molecular complexity index is 216. The smallest absolute Gasteiger partial charge is 0.0630 e. The van der Waals surface area contributed by atoms with Crippen molar-refractivity contribution in [1.29, 1.82) is 0 Å². The second kappa shape index (κ2) is 6.17. The quantitative estimate of drug-likeness (QED) is 0.817. The molecule has 1 saturated heterocycles. The second-order valence-corrected chi connectivity index (χ2v) is 5.94. The summed E-state index contributed by atoms with van der Waals surface area (Å²) < 4.78 is 5.26. The number of rotatable bonds is 4. The van der Waals surface area contributed by atoms with Crippen LogP contribution in [-0.4, -0.2) is 44.3 Å². The fraction of sp³-hybridized carbons (Fsp3) is 1.00. The molecule has 2 aliphatic rings. The number of nitrogens with zero attached hydrogens (tertiary/aromatic N) is 1. The number of ether oxygens (including phenoxy) is 1. The molecule has 0 aromatic heterocycles. The van der Waals surface area contributed by atoms with E-state index in [9.17, 15) is 0 Å². The molecule has 0 radical (unpaired) electrons. The zero-order valence-corrected chi connectivity index (χ0v) is 11.3. The van der Waals surface area contributed by atoms with Gasteiger partial charge in [-0.3, -0.25) is 4.90 Å². The van der Waals surface area contributed by atoms with Gasteiger partial charge in [0, 0.05) is 19.7 Å². The molecule has 0 amide bonds. The first kappa shape index (κ1) is 13.3. The number of nitrogens with two attached hydrogens (primary N) is 1. The molecule has 3 heteroatoms. The lowest BCUT2D eigenvalue weighted by molar-refractivity contribution is 0.0221. The van der Waals surface area contributed by atoms with Gasteiger partial charge in [0.05, 0.1) is 6.61 Å². The van der Waals surface area contributed by atoms with Crippen molar-refractivity contribution < 1.29 is 4.74 Å². The van der Waals surface area contributed by atoms with E-state index in [0.717, 1.165) is 13.2 Å². The first-order valence-electron chi connectivity index (χ1n) is 7.23. The molecular formula is C14H28N2O.